The van der Waals surface area contributed by atoms with Crippen LogP contribution < -0.4 is 5.32 Å². The highest BCUT2D eigenvalue weighted by atomic mass is 32.2. The van der Waals surface area contributed by atoms with Crippen molar-refractivity contribution in [2.45, 2.75) is 70.2 Å². The number of benzene rings is 3. The molecule has 3 amide bonds. The number of urea groups is 1. The Morgan fingerprint density at radius 3 is 2.36 bits per heavy atom. The number of aliphatic hydroxyl groups is 1. The van der Waals surface area contributed by atoms with Gasteiger partial charge in [0.2, 0.25) is 15.9 Å². The average molecular weight is 770 g/mol. The summed E-state index contributed by atoms with van der Waals surface area (Å²) in [7, 11) is -4.07. The lowest BCUT2D eigenvalue weighted by Crippen LogP contribution is -2.57. The second-order valence-corrected chi connectivity index (χ2v) is 16.4. The molecule has 292 valence electrons. The van der Waals surface area contributed by atoms with Gasteiger partial charge in [-0.05, 0) is 59.2 Å². The van der Waals surface area contributed by atoms with Crippen molar-refractivity contribution in [3.63, 3.8) is 0 Å². The lowest BCUT2D eigenvalue weighted by molar-refractivity contribution is -0.128. The van der Waals surface area contributed by atoms with Crippen molar-refractivity contribution < 1.29 is 28.3 Å². The van der Waals surface area contributed by atoms with Gasteiger partial charge in [0, 0.05) is 44.5 Å². The Morgan fingerprint density at radius 1 is 0.982 bits per heavy atom. The maximum atomic E-state index is 14.4. The third kappa shape index (κ3) is 10.5. The van der Waals surface area contributed by atoms with Gasteiger partial charge in [-0.1, -0.05) is 99.9 Å². The van der Waals surface area contributed by atoms with Crippen LogP contribution >= 0.6 is 0 Å². The predicted molar refractivity (Wildman–Crippen MR) is 211 cm³/mol. The van der Waals surface area contributed by atoms with Crippen LogP contribution in [0.1, 0.15) is 50.8 Å². The van der Waals surface area contributed by atoms with Crippen LogP contribution in [0.4, 0.5) is 4.79 Å². The molecule has 3 N–H and O–H groups in total. The van der Waals surface area contributed by atoms with Crippen LogP contribution in [-0.2, 0) is 27.8 Å². The lowest BCUT2D eigenvalue weighted by atomic mass is 9.95. The fraction of sp³-hybridized carbons (Fsp3) is 0.390. The van der Waals surface area contributed by atoms with Gasteiger partial charge in [-0.25, -0.2) is 23.2 Å². The molecule has 4 atom stereocenters. The van der Waals surface area contributed by atoms with E-state index in [1.54, 1.807) is 16.0 Å². The number of carbonyl (C=O) groups excluding carboxylic acids is 2. The van der Waals surface area contributed by atoms with E-state index in [2.05, 4.69) is 20.4 Å². The number of nitrogens with one attached hydrogen (secondary N) is 1. The number of hydrogen-bond acceptors (Lipinski definition) is 9. The van der Waals surface area contributed by atoms with Crippen molar-refractivity contribution in [3.8, 4) is 11.3 Å². The summed E-state index contributed by atoms with van der Waals surface area (Å²) in [6.45, 7) is 8.67. The zero-order valence-electron chi connectivity index (χ0n) is 31.8. The van der Waals surface area contributed by atoms with Crippen LogP contribution in [0.25, 0.3) is 11.3 Å². The lowest BCUT2D eigenvalue weighted by Gasteiger charge is -2.35. The first-order valence-corrected chi connectivity index (χ1v) is 20.1. The number of nitrogens with zero attached hydrogens (tertiary/aromatic N) is 6. The number of aromatic nitrogens is 2. The van der Waals surface area contributed by atoms with Crippen molar-refractivity contribution in [1.29, 1.82) is 0 Å². The molecule has 55 heavy (non-hydrogen) atoms. The second kappa shape index (κ2) is 18.9. The van der Waals surface area contributed by atoms with Gasteiger partial charge in [0.25, 0.3) is 0 Å². The van der Waals surface area contributed by atoms with Crippen LogP contribution in [0, 0.1) is 11.8 Å². The minimum Gasteiger partial charge on any atom is -0.411 e. The Hall–Kier alpha value is -5.18. The predicted octanol–water partition coefficient (Wildman–Crippen LogP) is 5.04. The normalized spacial score (nSPS) is 15.8. The van der Waals surface area contributed by atoms with E-state index in [0.717, 1.165) is 22.4 Å². The molecule has 2 heterocycles. The quantitative estimate of drug-likeness (QED) is 0.0719. The molecule has 1 saturated heterocycles. The molecule has 0 spiro atoms. The molecule has 13 nitrogen and oxygen atoms in total. The molecule has 1 aliphatic heterocycles. The zero-order valence-corrected chi connectivity index (χ0v) is 32.6. The van der Waals surface area contributed by atoms with Gasteiger partial charge in [0.05, 0.1) is 28.9 Å². The summed E-state index contributed by atoms with van der Waals surface area (Å²) in [5.41, 5.74) is 3.98. The summed E-state index contributed by atoms with van der Waals surface area (Å²) in [5.74, 6) is -0.690. The van der Waals surface area contributed by atoms with Crippen molar-refractivity contribution in [2.75, 3.05) is 26.2 Å². The first-order valence-electron chi connectivity index (χ1n) is 18.6. The van der Waals surface area contributed by atoms with Crippen LogP contribution in [-0.4, -0.2) is 105 Å². The summed E-state index contributed by atoms with van der Waals surface area (Å²) in [4.78, 5) is 40.1. The minimum absolute atomic E-state index is 0.0220. The number of aliphatic hydroxyl groups excluding tert-OH is 1. The molecular formula is C41H51N7O6S. The molecular weight excluding hydrogens is 719 g/mol. The van der Waals surface area contributed by atoms with Crippen molar-refractivity contribution in [2.24, 2.45) is 17.0 Å². The van der Waals surface area contributed by atoms with Crippen molar-refractivity contribution in [1.82, 2.24) is 29.4 Å². The van der Waals surface area contributed by atoms with E-state index in [9.17, 15) is 23.1 Å². The van der Waals surface area contributed by atoms with Gasteiger partial charge in [-0.2, -0.15) is 4.31 Å². The Balaban J connectivity index is 1.36. The smallest absolute Gasteiger partial charge is 0.321 e. The fourth-order valence-corrected chi connectivity index (χ4v) is 8.44. The van der Waals surface area contributed by atoms with E-state index in [-0.39, 0.29) is 42.3 Å². The van der Waals surface area contributed by atoms with E-state index in [1.807, 2.05) is 88.4 Å². The minimum atomic E-state index is -4.07. The summed E-state index contributed by atoms with van der Waals surface area (Å²) in [6.07, 6.45) is 3.93. The largest absolute Gasteiger partial charge is 0.411 e. The van der Waals surface area contributed by atoms with Crippen LogP contribution in [0.5, 0.6) is 0 Å². The molecule has 1 aromatic heterocycles. The van der Waals surface area contributed by atoms with Gasteiger partial charge in [0.1, 0.15) is 12.4 Å². The molecule has 0 unspecified atom stereocenters. The van der Waals surface area contributed by atoms with Crippen LogP contribution in [0.15, 0.2) is 108 Å². The SMILES string of the molecule is CC[C@H](C)[C@@H](C(=O)N[C@@H](Cc1ccccc1)[C@@H](O)CN(CC(C)C)S(=O)(=O)c1ccc(C=NO)cc1)N1CCN(Cc2cccc(-c3ccncn3)c2)C1=O. The summed E-state index contributed by atoms with van der Waals surface area (Å²) < 4.78 is 29.2. The Labute approximate surface area is 323 Å². The van der Waals surface area contributed by atoms with Gasteiger partial charge in [-0.15, -0.1) is 0 Å². The number of carbonyl (C=O) groups is 2. The van der Waals surface area contributed by atoms with Crippen LogP contribution in [0.2, 0.25) is 0 Å². The topological polar surface area (TPSA) is 169 Å². The first kappa shape index (κ1) is 41.0. The van der Waals surface area contributed by atoms with Crippen molar-refractivity contribution >= 4 is 28.2 Å². The summed E-state index contributed by atoms with van der Waals surface area (Å²) in [6, 6.07) is 23.0. The molecule has 0 saturated carbocycles. The molecule has 1 fully saturated rings. The average Bonchev–Trinajstić information content (AvgIpc) is 3.53. The fourth-order valence-electron chi connectivity index (χ4n) is 6.82. The highest BCUT2D eigenvalue weighted by Crippen LogP contribution is 2.25. The van der Waals surface area contributed by atoms with E-state index in [1.165, 1.54) is 41.1 Å². The van der Waals surface area contributed by atoms with E-state index in [4.69, 9.17) is 5.21 Å². The van der Waals surface area contributed by atoms with E-state index >= 15 is 0 Å². The first-order chi connectivity index (χ1) is 26.4. The monoisotopic (exact) mass is 769 g/mol. The van der Waals surface area contributed by atoms with Gasteiger partial charge < -0.3 is 25.4 Å². The molecule has 14 heteroatoms. The number of oxime groups is 1. The maximum Gasteiger partial charge on any atom is 0.321 e. The molecule has 0 bridgehead atoms. The van der Waals surface area contributed by atoms with Crippen LogP contribution in [0.3, 0.4) is 0 Å². The summed E-state index contributed by atoms with van der Waals surface area (Å²) in [5, 5.41) is 26.8. The molecule has 0 aliphatic carbocycles. The number of hydrogen-bond donors (Lipinski definition) is 3. The molecule has 4 aromatic rings. The van der Waals surface area contributed by atoms with E-state index < -0.39 is 34.1 Å². The van der Waals surface area contributed by atoms with Gasteiger partial charge in [-0.3, -0.25) is 4.79 Å². The van der Waals surface area contributed by atoms with Gasteiger partial charge >= 0.3 is 6.03 Å². The Bertz CT molecular complexity index is 2000. The van der Waals surface area contributed by atoms with Gasteiger partial charge in [0.15, 0.2) is 0 Å². The second-order valence-electron chi connectivity index (χ2n) is 14.4. The molecule has 0 radical (unpaired) electrons. The third-order valence-corrected chi connectivity index (χ3v) is 11.7. The molecule has 3 aromatic carbocycles. The Morgan fingerprint density at radius 2 is 1.71 bits per heavy atom. The zero-order chi connectivity index (χ0) is 39.5. The van der Waals surface area contributed by atoms with Crippen molar-refractivity contribution in [3.05, 3.63) is 114 Å². The standard InChI is InChI=1S/C41H51N7O6S/c1-5-30(4)39(48-21-20-46(41(48)51)26-33-12-9-13-34(22-33)36-18-19-42-28-43-36)40(50)45-37(23-31-10-7-6-8-11-31)38(49)27-47(25-29(2)3)55(53,54)35-16-14-32(15-17-35)24-44-52/h6-19,22,24,28-30,37-39,49,52H,5,20-21,23,25-27H2,1-4H3,(H,45,50)/t30-,37-,38-,39-/m0/s1. The summed E-state index contributed by atoms with van der Waals surface area (Å²) >= 11 is 0. The molecule has 1 aliphatic rings. The number of amides is 3. The molecule has 5 rings (SSSR count). The highest BCUT2D eigenvalue weighted by Gasteiger charge is 2.41. The highest BCUT2D eigenvalue weighted by molar-refractivity contribution is 7.89. The third-order valence-electron chi connectivity index (χ3n) is 9.87. The van der Waals surface area contributed by atoms with E-state index in [0.29, 0.717) is 31.6 Å². The number of rotatable bonds is 18. The Kier molecular flexibility index (Phi) is 14.1. The number of sulfonamides is 1. The maximum absolute atomic E-state index is 14.4.